The Morgan fingerprint density at radius 1 is 1.00 bits per heavy atom. The Morgan fingerprint density at radius 3 is 2.13 bits per heavy atom. The molecule has 0 aromatic carbocycles. The van der Waals surface area contributed by atoms with Crippen molar-refractivity contribution in [3.05, 3.63) is 0 Å². The summed E-state index contributed by atoms with van der Waals surface area (Å²) >= 11 is 0. The van der Waals surface area contributed by atoms with Crippen molar-refractivity contribution >= 4 is 0 Å². The summed E-state index contributed by atoms with van der Waals surface area (Å²) in [6.07, 6.45) is 9.62. The molecule has 0 unspecified atom stereocenters. The number of nitrogens with zero attached hydrogens (tertiary/aromatic N) is 1. The van der Waals surface area contributed by atoms with Gasteiger partial charge in [-0.05, 0) is 57.5 Å². The van der Waals surface area contributed by atoms with Gasteiger partial charge in [-0.1, -0.05) is 13.3 Å². The van der Waals surface area contributed by atoms with E-state index < -0.39 is 0 Å². The van der Waals surface area contributed by atoms with Gasteiger partial charge in [-0.15, -0.1) is 0 Å². The molecule has 1 saturated heterocycles. The zero-order valence-electron chi connectivity index (χ0n) is 10.1. The minimum absolute atomic E-state index is 0.480. The number of rotatable bonds is 2. The Hall–Kier alpha value is -0.0800. The van der Waals surface area contributed by atoms with Crippen LogP contribution in [0.25, 0.3) is 0 Å². The van der Waals surface area contributed by atoms with Crippen LogP contribution in [0.3, 0.4) is 0 Å². The van der Waals surface area contributed by atoms with E-state index in [2.05, 4.69) is 11.8 Å². The predicted molar refractivity (Wildman–Crippen MR) is 64.8 cm³/mol. The number of likely N-dealkylation sites (tertiary alicyclic amines) is 1. The maximum Gasteiger partial charge on any atom is 0.00954 e. The van der Waals surface area contributed by atoms with E-state index in [-0.39, 0.29) is 0 Å². The molecule has 2 rings (SSSR count). The summed E-state index contributed by atoms with van der Waals surface area (Å²) < 4.78 is 0. The van der Waals surface area contributed by atoms with Gasteiger partial charge < -0.3 is 10.6 Å². The van der Waals surface area contributed by atoms with Crippen molar-refractivity contribution in [1.29, 1.82) is 0 Å². The van der Waals surface area contributed by atoms with Gasteiger partial charge >= 0.3 is 0 Å². The van der Waals surface area contributed by atoms with Crippen molar-refractivity contribution in [2.75, 3.05) is 13.1 Å². The Bertz CT molecular complexity index is 177. The first-order valence-electron chi connectivity index (χ1n) is 6.79. The Balaban J connectivity index is 1.75. The van der Waals surface area contributed by atoms with Crippen LogP contribution in [0.15, 0.2) is 0 Å². The van der Waals surface area contributed by atoms with E-state index in [1.807, 2.05) is 0 Å². The molecule has 2 fully saturated rings. The first kappa shape index (κ1) is 11.4. The number of piperidine rings is 1. The zero-order valence-corrected chi connectivity index (χ0v) is 10.1. The summed E-state index contributed by atoms with van der Waals surface area (Å²) in [4.78, 5) is 2.70. The second-order valence-corrected chi connectivity index (χ2v) is 5.46. The molecule has 1 heterocycles. The Kier molecular flexibility index (Phi) is 4.04. The summed E-state index contributed by atoms with van der Waals surface area (Å²) in [5.74, 6) is 1.02. The van der Waals surface area contributed by atoms with E-state index in [9.17, 15) is 0 Å². The van der Waals surface area contributed by atoms with Gasteiger partial charge in [-0.3, -0.25) is 0 Å². The molecule has 1 aliphatic carbocycles. The van der Waals surface area contributed by atoms with Crippen LogP contribution in [0.1, 0.15) is 51.9 Å². The third kappa shape index (κ3) is 2.94. The second kappa shape index (κ2) is 5.31. The standard InChI is InChI=1S/C13H26N2/c1-2-11-3-5-13(6-4-11)15-9-7-12(14)8-10-15/h11-13H,2-10,14H2,1H3. The largest absolute Gasteiger partial charge is 0.328 e. The first-order valence-corrected chi connectivity index (χ1v) is 6.79. The lowest BCUT2D eigenvalue weighted by Crippen LogP contribution is -2.46. The van der Waals surface area contributed by atoms with Crippen LogP contribution in [0.2, 0.25) is 0 Å². The molecule has 2 aliphatic rings. The van der Waals surface area contributed by atoms with Gasteiger partial charge in [0.05, 0.1) is 0 Å². The van der Waals surface area contributed by atoms with E-state index in [1.165, 1.54) is 58.0 Å². The van der Waals surface area contributed by atoms with Crippen LogP contribution >= 0.6 is 0 Å². The van der Waals surface area contributed by atoms with E-state index in [1.54, 1.807) is 0 Å². The second-order valence-electron chi connectivity index (χ2n) is 5.46. The fourth-order valence-corrected chi connectivity index (χ4v) is 3.20. The summed E-state index contributed by atoms with van der Waals surface area (Å²) in [5, 5.41) is 0. The van der Waals surface area contributed by atoms with E-state index in [0.29, 0.717) is 6.04 Å². The van der Waals surface area contributed by atoms with Crippen molar-refractivity contribution < 1.29 is 0 Å². The third-order valence-electron chi connectivity index (χ3n) is 4.48. The smallest absolute Gasteiger partial charge is 0.00954 e. The van der Waals surface area contributed by atoms with Crippen LogP contribution in [0.5, 0.6) is 0 Å². The van der Waals surface area contributed by atoms with Crippen LogP contribution < -0.4 is 5.73 Å². The molecule has 2 nitrogen and oxygen atoms in total. The molecular formula is C13H26N2. The molecule has 15 heavy (non-hydrogen) atoms. The minimum atomic E-state index is 0.480. The molecule has 0 radical (unpaired) electrons. The molecule has 88 valence electrons. The molecule has 1 saturated carbocycles. The number of hydrogen-bond acceptors (Lipinski definition) is 2. The summed E-state index contributed by atoms with van der Waals surface area (Å²) in [7, 11) is 0. The van der Waals surface area contributed by atoms with Gasteiger partial charge in [-0.2, -0.15) is 0 Å². The van der Waals surface area contributed by atoms with Gasteiger partial charge in [-0.25, -0.2) is 0 Å². The topological polar surface area (TPSA) is 29.3 Å². The molecule has 0 aromatic rings. The Morgan fingerprint density at radius 2 is 1.60 bits per heavy atom. The highest BCUT2D eigenvalue weighted by atomic mass is 15.2. The van der Waals surface area contributed by atoms with Crippen molar-refractivity contribution in [2.45, 2.75) is 64.0 Å². The third-order valence-corrected chi connectivity index (χ3v) is 4.48. The maximum atomic E-state index is 5.94. The lowest BCUT2D eigenvalue weighted by Gasteiger charge is -2.40. The highest BCUT2D eigenvalue weighted by Gasteiger charge is 2.27. The van der Waals surface area contributed by atoms with Gasteiger partial charge in [0.2, 0.25) is 0 Å². The zero-order chi connectivity index (χ0) is 10.7. The highest BCUT2D eigenvalue weighted by molar-refractivity contribution is 4.83. The predicted octanol–water partition coefficient (Wildman–Crippen LogP) is 2.38. The molecular weight excluding hydrogens is 184 g/mol. The quantitative estimate of drug-likeness (QED) is 0.758. The van der Waals surface area contributed by atoms with Crippen molar-refractivity contribution in [1.82, 2.24) is 4.90 Å². The van der Waals surface area contributed by atoms with E-state index >= 15 is 0 Å². The molecule has 0 bridgehead atoms. The first-order chi connectivity index (χ1) is 7.29. The average Bonchev–Trinajstić information content (AvgIpc) is 2.30. The molecule has 0 atom stereocenters. The van der Waals surface area contributed by atoms with Crippen LogP contribution in [0, 0.1) is 5.92 Å². The summed E-state index contributed by atoms with van der Waals surface area (Å²) in [5.41, 5.74) is 5.94. The van der Waals surface area contributed by atoms with E-state index in [4.69, 9.17) is 5.73 Å². The lowest BCUT2D eigenvalue weighted by atomic mass is 9.83. The van der Waals surface area contributed by atoms with E-state index in [0.717, 1.165) is 12.0 Å². The average molecular weight is 210 g/mol. The summed E-state index contributed by atoms with van der Waals surface area (Å²) in [6, 6.07) is 1.37. The van der Waals surface area contributed by atoms with Crippen LogP contribution in [0.4, 0.5) is 0 Å². The normalized spacial score (nSPS) is 35.6. The fraction of sp³-hybridized carbons (Fsp3) is 1.00. The highest BCUT2D eigenvalue weighted by Crippen LogP contribution is 2.30. The number of nitrogens with two attached hydrogens (primary N) is 1. The van der Waals surface area contributed by atoms with Gasteiger partial charge in [0.15, 0.2) is 0 Å². The minimum Gasteiger partial charge on any atom is -0.328 e. The molecule has 2 heteroatoms. The van der Waals surface area contributed by atoms with Crippen molar-refractivity contribution in [2.24, 2.45) is 11.7 Å². The van der Waals surface area contributed by atoms with Crippen LogP contribution in [-0.4, -0.2) is 30.1 Å². The molecule has 0 spiro atoms. The van der Waals surface area contributed by atoms with Crippen molar-refractivity contribution in [3.8, 4) is 0 Å². The van der Waals surface area contributed by atoms with Gasteiger partial charge in [0.25, 0.3) is 0 Å². The van der Waals surface area contributed by atoms with Crippen molar-refractivity contribution in [3.63, 3.8) is 0 Å². The molecule has 1 aliphatic heterocycles. The fourth-order valence-electron chi connectivity index (χ4n) is 3.20. The molecule has 0 aromatic heterocycles. The maximum absolute atomic E-state index is 5.94. The number of hydrogen-bond donors (Lipinski definition) is 1. The molecule has 0 amide bonds. The summed E-state index contributed by atoms with van der Waals surface area (Å²) in [6.45, 7) is 4.84. The Labute approximate surface area is 94.2 Å². The SMILES string of the molecule is CCC1CCC(N2CCC(N)CC2)CC1. The molecule has 2 N–H and O–H groups in total. The van der Waals surface area contributed by atoms with Gasteiger partial charge in [0.1, 0.15) is 0 Å². The lowest BCUT2D eigenvalue weighted by molar-refractivity contribution is 0.107. The van der Waals surface area contributed by atoms with Gasteiger partial charge in [0, 0.05) is 12.1 Å². The monoisotopic (exact) mass is 210 g/mol. The van der Waals surface area contributed by atoms with Crippen LogP contribution in [-0.2, 0) is 0 Å².